The monoisotopic (exact) mass is 316 g/mol. The predicted molar refractivity (Wildman–Crippen MR) is 92.1 cm³/mol. The second-order valence-electron chi connectivity index (χ2n) is 5.27. The topological polar surface area (TPSA) is 61.9 Å². The highest BCUT2D eigenvalue weighted by Crippen LogP contribution is 2.18. The Morgan fingerprint density at radius 1 is 1.04 bits per heavy atom. The third kappa shape index (κ3) is 3.50. The summed E-state index contributed by atoms with van der Waals surface area (Å²) in [5.41, 5.74) is 2.71. The molecule has 0 unspecified atom stereocenters. The fraction of sp³-hybridized carbons (Fsp3) is 0.105. The number of anilines is 1. The molecular formula is C19H16N4O. The molecule has 0 atom stereocenters. The van der Waals surface area contributed by atoms with Crippen LogP contribution in [0.4, 0.5) is 5.69 Å². The smallest absolute Gasteiger partial charge is 0.249 e. The number of carbonyl (C=O) groups is 1. The number of carbonyl (C=O) groups excluding carboxylic acids is 1. The molecule has 1 aromatic heterocycles. The number of aromatic nitrogens is 2. The van der Waals surface area contributed by atoms with Crippen LogP contribution in [0, 0.1) is 11.3 Å². The molecule has 0 spiro atoms. The van der Waals surface area contributed by atoms with Crippen LogP contribution < -0.4 is 4.90 Å². The molecule has 24 heavy (non-hydrogen) atoms. The molecule has 1 amide bonds. The first kappa shape index (κ1) is 15.5. The van der Waals surface area contributed by atoms with Gasteiger partial charge in [0.05, 0.1) is 12.3 Å². The first-order valence-corrected chi connectivity index (χ1v) is 7.58. The molecule has 0 aliphatic rings. The summed E-state index contributed by atoms with van der Waals surface area (Å²) < 4.78 is 1.60. The molecule has 0 N–H and O–H groups in total. The highest BCUT2D eigenvalue weighted by Gasteiger charge is 2.16. The van der Waals surface area contributed by atoms with Crippen LogP contribution in [0.15, 0.2) is 73.1 Å². The number of rotatable bonds is 5. The molecule has 0 saturated carbocycles. The molecule has 0 fully saturated rings. The van der Waals surface area contributed by atoms with E-state index in [1.54, 1.807) is 10.9 Å². The number of para-hydroxylation sites is 1. The molecule has 1 heterocycles. The van der Waals surface area contributed by atoms with E-state index in [9.17, 15) is 4.79 Å². The summed E-state index contributed by atoms with van der Waals surface area (Å²) in [6.45, 7) is 0.0963. The summed E-state index contributed by atoms with van der Waals surface area (Å²) >= 11 is 0. The Labute approximate surface area is 140 Å². The maximum atomic E-state index is 12.6. The predicted octanol–water partition coefficient (Wildman–Crippen LogP) is 3.11. The normalized spacial score (nSPS) is 10.1. The molecule has 118 valence electrons. The quantitative estimate of drug-likeness (QED) is 0.679. The van der Waals surface area contributed by atoms with Gasteiger partial charge >= 0.3 is 0 Å². The van der Waals surface area contributed by atoms with Gasteiger partial charge in [-0.15, -0.1) is 0 Å². The highest BCUT2D eigenvalue weighted by atomic mass is 16.2. The van der Waals surface area contributed by atoms with E-state index < -0.39 is 0 Å². The van der Waals surface area contributed by atoms with Crippen LogP contribution in [-0.4, -0.2) is 22.2 Å². The number of hydrogen-bond acceptors (Lipinski definition) is 3. The van der Waals surface area contributed by atoms with Gasteiger partial charge in [0.2, 0.25) is 5.91 Å². The van der Waals surface area contributed by atoms with Gasteiger partial charge in [-0.1, -0.05) is 48.5 Å². The largest absolute Gasteiger partial charge is 0.297 e. The molecular weight excluding hydrogens is 300 g/mol. The average Bonchev–Trinajstić information content (AvgIpc) is 3.09. The summed E-state index contributed by atoms with van der Waals surface area (Å²) in [5, 5.41) is 13.3. The molecule has 0 aliphatic heterocycles. The summed E-state index contributed by atoms with van der Waals surface area (Å²) in [6.07, 6.45) is 3.57. The van der Waals surface area contributed by atoms with Crippen molar-refractivity contribution in [1.29, 1.82) is 5.26 Å². The van der Waals surface area contributed by atoms with Crippen molar-refractivity contribution in [2.45, 2.75) is 6.54 Å². The zero-order valence-electron chi connectivity index (χ0n) is 13.0. The van der Waals surface area contributed by atoms with Crippen LogP contribution in [0.5, 0.6) is 0 Å². The van der Waals surface area contributed by atoms with Gasteiger partial charge < -0.3 is 0 Å². The summed E-state index contributed by atoms with van der Waals surface area (Å²) in [4.78, 5) is 14.0. The van der Waals surface area contributed by atoms with Crippen molar-refractivity contribution in [2.24, 2.45) is 0 Å². The maximum Gasteiger partial charge on any atom is 0.249 e. The van der Waals surface area contributed by atoms with Crippen molar-refractivity contribution in [3.63, 3.8) is 0 Å². The van der Waals surface area contributed by atoms with Crippen molar-refractivity contribution in [3.8, 4) is 17.2 Å². The van der Waals surface area contributed by atoms with Crippen LogP contribution in [0.1, 0.15) is 0 Å². The Morgan fingerprint density at radius 2 is 1.71 bits per heavy atom. The zero-order chi connectivity index (χ0) is 16.8. The van der Waals surface area contributed by atoms with Crippen LogP contribution >= 0.6 is 0 Å². The number of nitrogens with zero attached hydrogens (tertiary/aromatic N) is 4. The fourth-order valence-corrected chi connectivity index (χ4v) is 2.46. The van der Waals surface area contributed by atoms with Gasteiger partial charge in [0.25, 0.3) is 0 Å². The third-order valence-electron chi connectivity index (χ3n) is 3.64. The van der Waals surface area contributed by atoms with Gasteiger partial charge in [-0.05, 0) is 17.7 Å². The van der Waals surface area contributed by atoms with Crippen molar-refractivity contribution in [3.05, 3.63) is 73.1 Å². The second kappa shape index (κ2) is 7.25. The van der Waals surface area contributed by atoms with Crippen molar-refractivity contribution in [1.82, 2.24) is 9.78 Å². The first-order chi connectivity index (χ1) is 11.8. The number of hydrogen-bond donors (Lipinski definition) is 0. The highest BCUT2D eigenvalue weighted by molar-refractivity contribution is 5.93. The molecule has 5 nitrogen and oxygen atoms in total. The molecule has 5 heteroatoms. The average molecular weight is 316 g/mol. The van der Waals surface area contributed by atoms with Gasteiger partial charge in [0.15, 0.2) is 0 Å². The van der Waals surface area contributed by atoms with E-state index in [0.29, 0.717) is 5.69 Å². The van der Waals surface area contributed by atoms with Crippen LogP contribution in [-0.2, 0) is 11.3 Å². The molecule has 3 aromatic rings. The summed E-state index contributed by atoms with van der Waals surface area (Å²) in [7, 11) is 0. The minimum atomic E-state index is -0.175. The van der Waals surface area contributed by atoms with E-state index in [1.807, 2.05) is 72.9 Å². The number of amides is 1. The summed E-state index contributed by atoms with van der Waals surface area (Å²) in [6, 6.07) is 21.1. The zero-order valence-corrected chi connectivity index (χ0v) is 13.0. The lowest BCUT2D eigenvalue weighted by atomic mass is 10.1. The van der Waals surface area contributed by atoms with Crippen molar-refractivity contribution < 1.29 is 4.79 Å². The Balaban J connectivity index is 1.76. The van der Waals surface area contributed by atoms with Gasteiger partial charge in [0.1, 0.15) is 13.1 Å². The lowest BCUT2D eigenvalue weighted by Gasteiger charge is -2.19. The maximum absolute atomic E-state index is 12.6. The van der Waals surface area contributed by atoms with E-state index in [4.69, 9.17) is 5.26 Å². The Bertz CT molecular complexity index is 850. The summed E-state index contributed by atoms with van der Waals surface area (Å²) in [5.74, 6) is -0.175. The second-order valence-corrected chi connectivity index (χ2v) is 5.27. The molecule has 0 bridgehead atoms. The van der Waals surface area contributed by atoms with E-state index in [-0.39, 0.29) is 19.0 Å². The van der Waals surface area contributed by atoms with Gasteiger partial charge in [-0.2, -0.15) is 10.4 Å². The van der Waals surface area contributed by atoms with Crippen molar-refractivity contribution >= 4 is 11.6 Å². The van der Waals surface area contributed by atoms with Crippen LogP contribution in [0.25, 0.3) is 11.1 Å². The standard InChI is InChI=1S/C19H16N4O/c20-11-12-23(18-9-5-2-6-10-18)19(24)15-22-14-17(13-21-22)16-7-3-1-4-8-16/h1-10,13-14H,12,15H2. The molecule has 3 rings (SSSR count). The molecule has 2 aromatic carbocycles. The SMILES string of the molecule is N#CCN(C(=O)Cn1cc(-c2ccccc2)cn1)c1ccccc1. The molecule has 0 saturated heterocycles. The van der Waals surface area contributed by atoms with Gasteiger partial charge in [-0.25, -0.2) is 0 Å². The Hall–Kier alpha value is -3.39. The number of benzene rings is 2. The van der Waals surface area contributed by atoms with E-state index in [0.717, 1.165) is 11.1 Å². The van der Waals surface area contributed by atoms with Gasteiger partial charge in [0, 0.05) is 17.4 Å². The number of nitriles is 1. The molecule has 0 radical (unpaired) electrons. The van der Waals surface area contributed by atoms with Crippen LogP contribution in [0.2, 0.25) is 0 Å². The lowest BCUT2D eigenvalue weighted by molar-refractivity contribution is -0.119. The third-order valence-corrected chi connectivity index (χ3v) is 3.64. The molecule has 0 aliphatic carbocycles. The van der Waals surface area contributed by atoms with Crippen LogP contribution in [0.3, 0.4) is 0 Å². The van der Waals surface area contributed by atoms with Gasteiger partial charge in [-0.3, -0.25) is 14.4 Å². The Kier molecular flexibility index (Phi) is 4.68. The first-order valence-electron chi connectivity index (χ1n) is 7.58. The minimum absolute atomic E-state index is 0.00958. The Morgan fingerprint density at radius 3 is 2.38 bits per heavy atom. The van der Waals surface area contributed by atoms with Crippen molar-refractivity contribution in [2.75, 3.05) is 11.4 Å². The van der Waals surface area contributed by atoms with E-state index >= 15 is 0 Å². The fourth-order valence-electron chi connectivity index (χ4n) is 2.46. The van der Waals surface area contributed by atoms with E-state index in [2.05, 4.69) is 5.10 Å². The van der Waals surface area contributed by atoms with E-state index in [1.165, 1.54) is 4.90 Å². The minimum Gasteiger partial charge on any atom is -0.297 e. The lowest BCUT2D eigenvalue weighted by Crippen LogP contribution is -2.34.